The Morgan fingerprint density at radius 3 is 2.67 bits per heavy atom. The van der Waals surface area contributed by atoms with Crippen LogP contribution in [0.1, 0.15) is 43.1 Å². The average molecular weight is 446 g/mol. The molecule has 1 aliphatic rings. The van der Waals surface area contributed by atoms with E-state index in [9.17, 15) is 4.79 Å². The van der Waals surface area contributed by atoms with Gasteiger partial charge in [0.05, 0.1) is 6.10 Å². The van der Waals surface area contributed by atoms with E-state index in [1.54, 1.807) is 18.3 Å². The fourth-order valence-corrected chi connectivity index (χ4v) is 4.12. The number of benzene rings is 2. The molecule has 0 bridgehead atoms. The third kappa shape index (κ3) is 5.90. The molecule has 1 saturated heterocycles. The van der Waals surface area contributed by atoms with Crippen LogP contribution in [0.5, 0.6) is 11.5 Å². The Bertz CT molecular complexity index is 1070. The van der Waals surface area contributed by atoms with Crippen LogP contribution in [0.15, 0.2) is 72.9 Å². The van der Waals surface area contributed by atoms with E-state index in [0.29, 0.717) is 11.4 Å². The van der Waals surface area contributed by atoms with Crippen molar-refractivity contribution in [3.63, 3.8) is 0 Å². The molecule has 1 unspecified atom stereocenters. The maximum Gasteiger partial charge on any atom is 0.342 e. The Hall–Kier alpha value is -3.38. The van der Waals surface area contributed by atoms with E-state index in [0.717, 1.165) is 31.0 Å². The summed E-state index contributed by atoms with van der Waals surface area (Å²) < 4.78 is 11.4. The van der Waals surface area contributed by atoms with E-state index < -0.39 is 0 Å². The molecule has 4 rings (SSSR count). The summed E-state index contributed by atoms with van der Waals surface area (Å²) in [5, 5.41) is 3.49. The molecule has 0 radical (unpaired) electrons. The quantitative estimate of drug-likeness (QED) is 0.461. The van der Waals surface area contributed by atoms with E-state index in [1.165, 1.54) is 5.56 Å². The highest BCUT2D eigenvalue weighted by Gasteiger charge is 2.31. The maximum absolute atomic E-state index is 12.5. The van der Waals surface area contributed by atoms with E-state index in [2.05, 4.69) is 34.3 Å². The fourth-order valence-electron chi connectivity index (χ4n) is 4.12. The van der Waals surface area contributed by atoms with E-state index in [1.807, 2.05) is 56.3 Å². The first kappa shape index (κ1) is 22.8. The molecule has 6 heteroatoms. The van der Waals surface area contributed by atoms with Gasteiger partial charge in [-0.1, -0.05) is 30.3 Å². The summed E-state index contributed by atoms with van der Waals surface area (Å²) >= 11 is 0. The number of pyridine rings is 1. The predicted octanol–water partition coefficient (Wildman–Crippen LogP) is 5.51. The number of nitrogens with zero attached hydrogens (tertiary/aromatic N) is 2. The summed E-state index contributed by atoms with van der Waals surface area (Å²) in [7, 11) is 0. The lowest BCUT2D eigenvalue weighted by Crippen LogP contribution is -2.36. The highest BCUT2D eigenvalue weighted by Crippen LogP contribution is 2.27. The van der Waals surface area contributed by atoms with Crippen molar-refractivity contribution in [2.75, 3.05) is 11.9 Å². The van der Waals surface area contributed by atoms with E-state index in [-0.39, 0.29) is 24.2 Å². The molecule has 3 aromatic rings. The molecule has 2 heterocycles. The van der Waals surface area contributed by atoms with Crippen molar-refractivity contribution in [1.82, 2.24) is 9.88 Å². The molecule has 33 heavy (non-hydrogen) atoms. The van der Waals surface area contributed by atoms with Gasteiger partial charge in [-0.15, -0.1) is 0 Å². The summed E-state index contributed by atoms with van der Waals surface area (Å²) in [6.45, 7) is 7.69. The number of likely N-dealkylation sites (tertiary alicyclic amines) is 1. The van der Waals surface area contributed by atoms with Crippen molar-refractivity contribution in [1.29, 1.82) is 0 Å². The number of ether oxygens (including phenoxy) is 2. The molecule has 2 atom stereocenters. The van der Waals surface area contributed by atoms with Crippen LogP contribution in [0.2, 0.25) is 0 Å². The van der Waals surface area contributed by atoms with Gasteiger partial charge in [-0.25, -0.2) is 9.78 Å². The number of hydrogen-bond acceptors (Lipinski definition) is 6. The van der Waals surface area contributed by atoms with Crippen LogP contribution < -0.4 is 10.1 Å². The van der Waals surface area contributed by atoms with Crippen LogP contribution >= 0.6 is 0 Å². The fraction of sp³-hybridized carbons (Fsp3) is 0.333. The predicted molar refractivity (Wildman–Crippen MR) is 130 cm³/mol. The number of para-hydroxylation sites is 1. The monoisotopic (exact) mass is 445 g/mol. The van der Waals surface area contributed by atoms with Crippen LogP contribution in [0.25, 0.3) is 0 Å². The summed E-state index contributed by atoms with van der Waals surface area (Å²) in [6.07, 6.45) is 2.49. The van der Waals surface area contributed by atoms with E-state index in [4.69, 9.17) is 9.47 Å². The molecular weight excluding hydrogens is 414 g/mol. The van der Waals surface area contributed by atoms with Crippen molar-refractivity contribution < 1.29 is 14.3 Å². The zero-order valence-corrected chi connectivity index (χ0v) is 19.4. The molecule has 2 aromatic carbocycles. The smallest absolute Gasteiger partial charge is 0.342 e. The first-order valence-electron chi connectivity index (χ1n) is 11.5. The number of carbonyl (C=O) groups excluding carboxylic acids is 1. The Kier molecular flexibility index (Phi) is 7.25. The van der Waals surface area contributed by atoms with Crippen molar-refractivity contribution in [2.24, 2.45) is 0 Å². The minimum absolute atomic E-state index is 0.173. The Labute approximate surface area is 195 Å². The largest absolute Gasteiger partial charge is 0.459 e. The van der Waals surface area contributed by atoms with Gasteiger partial charge in [0.2, 0.25) is 0 Å². The summed E-state index contributed by atoms with van der Waals surface area (Å²) in [4.78, 5) is 19.3. The number of carbonyl (C=O) groups is 1. The number of esters is 1. The van der Waals surface area contributed by atoms with Gasteiger partial charge in [-0.2, -0.15) is 0 Å². The zero-order valence-electron chi connectivity index (χ0n) is 19.4. The lowest BCUT2D eigenvalue weighted by Gasteiger charge is -2.26. The van der Waals surface area contributed by atoms with Crippen LogP contribution in [-0.2, 0) is 11.3 Å². The number of rotatable bonds is 8. The van der Waals surface area contributed by atoms with Gasteiger partial charge < -0.3 is 14.8 Å². The number of anilines is 1. The lowest BCUT2D eigenvalue weighted by molar-refractivity contribution is 0.0378. The Balaban J connectivity index is 1.40. The minimum Gasteiger partial charge on any atom is -0.459 e. The van der Waals surface area contributed by atoms with Gasteiger partial charge in [0.15, 0.2) is 0 Å². The maximum atomic E-state index is 12.5. The van der Waals surface area contributed by atoms with Gasteiger partial charge in [-0.3, -0.25) is 4.90 Å². The van der Waals surface area contributed by atoms with Crippen LogP contribution in [0, 0.1) is 0 Å². The van der Waals surface area contributed by atoms with Gasteiger partial charge in [-0.05, 0) is 69.2 Å². The van der Waals surface area contributed by atoms with Crippen LogP contribution in [0.3, 0.4) is 0 Å². The van der Waals surface area contributed by atoms with Crippen molar-refractivity contribution in [3.8, 4) is 11.5 Å². The molecule has 1 aliphatic heterocycles. The first-order valence-corrected chi connectivity index (χ1v) is 11.5. The summed E-state index contributed by atoms with van der Waals surface area (Å²) in [5.74, 6) is 1.90. The molecule has 0 spiro atoms. The molecule has 1 N–H and O–H groups in total. The van der Waals surface area contributed by atoms with Crippen LogP contribution in [0.4, 0.5) is 5.82 Å². The second-order valence-corrected chi connectivity index (χ2v) is 8.67. The third-order valence-corrected chi connectivity index (χ3v) is 5.84. The van der Waals surface area contributed by atoms with Crippen molar-refractivity contribution >= 4 is 11.8 Å². The van der Waals surface area contributed by atoms with Gasteiger partial charge in [0.1, 0.15) is 22.9 Å². The molecule has 172 valence electrons. The first-order chi connectivity index (χ1) is 16.0. The molecule has 0 aliphatic carbocycles. The second-order valence-electron chi connectivity index (χ2n) is 8.67. The highest BCUT2D eigenvalue weighted by atomic mass is 16.5. The Morgan fingerprint density at radius 2 is 1.88 bits per heavy atom. The molecule has 1 aromatic heterocycles. The van der Waals surface area contributed by atoms with Gasteiger partial charge in [0.25, 0.3) is 0 Å². The number of nitrogens with one attached hydrogen (secondary N) is 1. The van der Waals surface area contributed by atoms with Crippen molar-refractivity contribution in [2.45, 2.75) is 51.9 Å². The summed E-state index contributed by atoms with van der Waals surface area (Å²) in [6, 6.07) is 22.0. The molecular formula is C27H31N3O3. The number of aromatic nitrogens is 1. The second kappa shape index (κ2) is 10.5. The minimum atomic E-state index is -0.349. The standard InChI is InChI=1S/C27H31N3O3/c1-19(2)32-27(31)24-13-8-15-28-26(24)29-25-14-16-30(20(25)3)18-21-9-7-12-23(17-21)33-22-10-5-4-6-11-22/h4-13,15,17,19-20,25H,14,16,18H2,1-3H3,(H,28,29)/t20?,25-/m1/s1. The zero-order chi connectivity index (χ0) is 23.2. The molecule has 0 amide bonds. The highest BCUT2D eigenvalue weighted by molar-refractivity contribution is 5.94. The number of hydrogen-bond donors (Lipinski definition) is 1. The lowest BCUT2D eigenvalue weighted by atomic mass is 10.1. The van der Waals surface area contributed by atoms with Crippen LogP contribution in [-0.4, -0.2) is 40.6 Å². The Morgan fingerprint density at radius 1 is 1.09 bits per heavy atom. The molecule has 6 nitrogen and oxygen atoms in total. The van der Waals surface area contributed by atoms with E-state index >= 15 is 0 Å². The molecule has 0 saturated carbocycles. The topological polar surface area (TPSA) is 63.7 Å². The SMILES string of the molecule is CC(C)OC(=O)c1cccnc1N[C@@H]1CCN(Cc2cccc(Oc3ccccc3)c2)C1C. The van der Waals surface area contributed by atoms with Gasteiger partial charge >= 0.3 is 5.97 Å². The average Bonchev–Trinajstić information content (AvgIpc) is 3.13. The normalized spacial score (nSPS) is 18.3. The third-order valence-electron chi connectivity index (χ3n) is 5.84. The van der Waals surface area contributed by atoms with Gasteiger partial charge in [0, 0.05) is 31.4 Å². The summed E-state index contributed by atoms with van der Waals surface area (Å²) in [5.41, 5.74) is 1.68. The van der Waals surface area contributed by atoms with Crippen molar-refractivity contribution in [3.05, 3.63) is 84.1 Å². The molecule has 1 fully saturated rings.